The largest absolute Gasteiger partial charge is 0.301 e. The molecule has 2 saturated heterocycles. The number of nitrogens with zero attached hydrogens (tertiary/aromatic N) is 3. The van der Waals surface area contributed by atoms with Crippen LogP contribution in [0.25, 0.3) is 0 Å². The summed E-state index contributed by atoms with van der Waals surface area (Å²) in [6, 6.07) is 0.479. The van der Waals surface area contributed by atoms with E-state index >= 15 is 0 Å². The predicted octanol–water partition coefficient (Wildman–Crippen LogP) is 2.08. The topological polar surface area (TPSA) is 9.72 Å². The predicted molar refractivity (Wildman–Crippen MR) is 82.9 cm³/mol. The maximum Gasteiger partial charge on any atom is 0.117 e. The van der Waals surface area contributed by atoms with Crippen molar-refractivity contribution in [3.63, 3.8) is 0 Å². The van der Waals surface area contributed by atoms with Crippen molar-refractivity contribution < 1.29 is 4.39 Å². The molecule has 2 aliphatic rings. The SMILES string of the molecule is CCCN1CCN(CC2CCN(C(C)C)CC2F)CC1. The van der Waals surface area contributed by atoms with Crippen LogP contribution in [-0.2, 0) is 0 Å². The number of piperidine rings is 1. The Morgan fingerprint density at radius 1 is 1.05 bits per heavy atom. The molecule has 2 atom stereocenters. The molecule has 2 unspecified atom stereocenters. The summed E-state index contributed by atoms with van der Waals surface area (Å²) in [6.45, 7) is 15.0. The van der Waals surface area contributed by atoms with Crippen LogP contribution in [0.3, 0.4) is 0 Å². The molecule has 0 saturated carbocycles. The lowest BCUT2D eigenvalue weighted by Crippen LogP contribution is -2.52. The van der Waals surface area contributed by atoms with Crippen LogP contribution in [0.2, 0.25) is 0 Å². The van der Waals surface area contributed by atoms with Crippen LogP contribution >= 0.6 is 0 Å². The van der Waals surface area contributed by atoms with Crippen molar-refractivity contribution in [2.45, 2.75) is 45.8 Å². The first-order valence-corrected chi connectivity index (χ1v) is 8.43. The number of alkyl halides is 1. The van der Waals surface area contributed by atoms with Crippen molar-refractivity contribution >= 4 is 0 Å². The van der Waals surface area contributed by atoms with Gasteiger partial charge in [-0.05, 0) is 39.8 Å². The van der Waals surface area contributed by atoms with Crippen molar-refractivity contribution in [2.75, 3.05) is 52.4 Å². The lowest BCUT2D eigenvalue weighted by atomic mass is 9.93. The third-order valence-corrected chi connectivity index (χ3v) is 4.94. The van der Waals surface area contributed by atoms with E-state index in [1.165, 1.54) is 13.0 Å². The minimum Gasteiger partial charge on any atom is -0.301 e. The average Bonchev–Trinajstić information content (AvgIpc) is 2.43. The molecule has 118 valence electrons. The second kappa shape index (κ2) is 7.71. The highest BCUT2D eigenvalue weighted by Gasteiger charge is 2.32. The Kier molecular flexibility index (Phi) is 6.24. The van der Waals surface area contributed by atoms with Crippen LogP contribution in [0.15, 0.2) is 0 Å². The Morgan fingerprint density at radius 2 is 1.70 bits per heavy atom. The smallest absolute Gasteiger partial charge is 0.117 e. The zero-order chi connectivity index (χ0) is 14.5. The minimum atomic E-state index is -0.639. The molecule has 0 aromatic carbocycles. The van der Waals surface area contributed by atoms with Crippen LogP contribution in [0.1, 0.15) is 33.6 Å². The fourth-order valence-electron chi connectivity index (χ4n) is 3.49. The monoisotopic (exact) mass is 285 g/mol. The van der Waals surface area contributed by atoms with Gasteiger partial charge in [0.25, 0.3) is 0 Å². The van der Waals surface area contributed by atoms with Gasteiger partial charge in [-0.2, -0.15) is 0 Å². The number of hydrogen-bond acceptors (Lipinski definition) is 3. The van der Waals surface area contributed by atoms with E-state index in [4.69, 9.17) is 0 Å². The Balaban J connectivity index is 1.72. The lowest BCUT2D eigenvalue weighted by Gasteiger charge is -2.41. The number of rotatable bonds is 5. The molecule has 0 aromatic rings. The fourth-order valence-corrected chi connectivity index (χ4v) is 3.49. The summed E-state index contributed by atoms with van der Waals surface area (Å²) in [4.78, 5) is 7.29. The molecule has 2 rings (SSSR count). The first kappa shape index (κ1) is 16.2. The summed E-state index contributed by atoms with van der Waals surface area (Å²) < 4.78 is 14.3. The standard InChI is InChI=1S/C16H32FN3/c1-4-6-18-8-10-19(11-9-18)12-15-5-7-20(14(2)3)13-16(15)17/h14-16H,4-13H2,1-3H3. The maximum absolute atomic E-state index is 14.3. The molecule has 2 heterocycles. The van der Waals surface area contributed by atoms with Gasteiger partial charge in [-0.15, -0.1) is 0 Å². The average molecular weight is 285 g/mol. The first-order chi connectivity index (χ1) is 9.60. The highest BCUT2D eigenvalue weighted by Crippen LogP contribution is 2.23. The summed E-state index contributed by atoms with van der Waals surface area (Å²) in [5.41, 5.74) is 0. The van der Waals surface area contributed by atoms with E-state index in [-0.39, 0.29) is 5.92 Å². The van der Waals surface area contributed by atoms with Gasteiger partial charge in [0.2, 0.25) is 0 Å². The zero-order valence-corrected chi connectivity index (χ0v) is 13.5. The van der Waals surface area contributed by atoms with Gasteiger partial charge in [0.15, 0.2) is 0 Å². The van der Waals surface area contributed by atoms with Crippen LogP contribution < -0.4 is 0 Å². The van der Waals surface area contributed by atoms with Gasteiger partial charge in [0.05, 0.1) is 0 Å². The van der Waals surface area contributed by atoms with Gasteiger partial charge in [-0.1, -0.05) is 6.92 Å². The van der Waals surface area contributed by atoms with E-state index in [1.807, 2.05) is 0 Å². The van der Waals surface area contributed by atoms with E-state index < -0.39 is 6.17 Å². The Morgan fingerprint density at radius 3 is 2.25 bits per heavy atom. The van der Waals surface area contributed by atoms with Crippen molar-refractivity contribution in [3.05, 3.63) is 0 Å². The van der Waals surface area contributed by atoms with Crippen molar-refractivity contribution in [3.8, 4) is 0 Å². The number of hydrogen-bond donors (Lipinski definition) is 0. The molecule has 2 fully saturated rings. The molecule has 0 bridgehead atoms. The number of piperazine rings is 1. The Hall–Kier alpha value is -0.190. The number of halogens is 1. The molecule has 0 N–H and O–H groups in total. The first-order valence-electron chi connectivity index (χ1n) is 8.43. The van der Waals surface area contributed by atoms with Crippen LogP contribution in [0.5, 0.6) is 0 Å². The summed E-state index contributed by atoms with van der Waals surface area (Å²) in [7, 11) is 0. The molecule has 0 radical (unpaired) electrons. The van der Waals surface area contributed by atoms with Crippen molar-refractivity contribution in [1.82, 2.24) is 14.7 Å². The van der Waals surface area contributed by atoms with E-state index in [1.54, 1.807) is 0 Å². The summed E-state index contributed by atoms with van der Waals surface area (Å²) in [6.07, 6.45) is 1.62. The summed E-state index contributed by atoms with van der Waals surface area (Å²) in [5.74, 6) is 0.253. The number of likely N-dealkylation sites (tertiary alicyclic amines) is 1. The van der Waals surface area contributed by atoms with E-state index in [0.29, 0.717) is 12.6 Å². The van der Waals surface area contributed by atoms with Gasteiger partial charge >= 0.3 is 0 Å². The highest BCUT2D eigenvalue weighted by molar-refractivity contribution is 4.85. The van der Waals surface area contributed by atoms with Crippen molar-refractivity contribution in [1.29, 1.82) is 0 Å². The van der Waals surface area contributed by atoms with Crippen LogP contribution in [-0.4, -0.2) is 79.3 Å². The molecule has 0 spiro atoms. The molecular weight excluding hydrogens is 253 g/mol. The Labute approximate surface area is 124 Å². The minimum absolute atomic E-state index is 0.253. The maximum atomic E-state index is 14.3. The summed E-state index contributed by atoms with van der Waals surface area (Å²) >= 11 is 0. The highest BCUT2D eigenvalue weighted by atomic mass is 19.1. The van der Waals surface area contributed by atoms with Gasteiger partial charge in [0.1, 0.15) is 6.17 Å². The normalized spacial score (nSPS) is 31.1. The third kappa shape index (κ3) is 4.40. The molecular formula is C16H32FN3. The molecule has 20 heavy (non-hydrogen) atoms. The quantitative estimate of drug-likeness (QED) is 0.766. The lowest BCUT2D eigenvalue weighted by molar-refractivity contribution is 0.0340. The summed E-state index contributed by atoms with van der Waals surface area (Å²) in [5, 5.41) is 0. The fraction of sp³-hybridized carbons (Fsp3) is 1.00. The van der Waals surface area contributed by atoms with E-state index in [0.717, 1.165) is 45.7 Å². The van der Waals surface area contributed by atoms with E-state index in [2.05, 4.69) is 35.5 Å². The van der Waals surface area contributed by atoms with E-state index in [9.17, 15) is 4.39 Å². The van der Waals surface area contributed by atoms with Gasteiger partial charge in [0, 0.05) is 51.2 Å². The van der Waals surface area contributed by atoms with Crippen molar-refractivity contribution in [2.24, 2.45) is 5.92 Å². The van der Waals surface area contributed by atoms with Crippen LogP contribution in [0, 0.1) is 5.92 Å². The molecule has 4 heteroatoms. The van der Waals surface area contributed by atoms with Gasteiger partial charge in [-0.3, -0.25) is 4.90 Å². The Bertz CT molecular complexity index is 277. The van der Waals surface area contributed by atoms with Gasteiger partial charge < -0.3 is 9.80 Å². The zero-order valence-electron chi connectivity index (χ0n) is 13.5. The molecule has 2 aliphatic heterocycles. The third-order valence-electron chi connectivity index (χ3n) is 4.94. The molecule has 0 aromatic heterocycles. The second-order valence-corrected chi connectivity index (χ2v) is 6.80. The van der Waals surface area contributed by atoms with Crippen LogP contribution in [0.4, 0.5) is 4.39 Å². The molecule has 0 amide bonds. The van der Waals surface area contributed by atoms with Gasteiger partial charge in [-0.25, -0.2) is 4.39 Å². The molecule has 3 nitrogen and oxygen atoms in total. The second-order valence-electron chi connectivity index (χ2n) is 6.80. The molecule has 0 aliphatic carbocycles.